The van der Waals surface area contributed by atoms with Crippen molar-refractivity contribution in [2.45, 2.75) is 117 Å². The van der Waals surface area contributed by atoms with Gasteiger partial charge in [0.1, 0.15) is 11.5 Å². The maximum Gasteiger partial charge on any atom is 0.340 e. The standard InChI is InChI=1S/C40H54N2O3/c1-5-8-9-10-11-12-13-14-15-16-17-18-21-26-41-36-29-35-37(27-30(36)4)44-38-28-31(42(6-2)7-3)24-25-34(38)40(35)33-23-20-19-22-32(33)39(43)45-40/h19-20,22-25,27-29,41H,5-18,21,26H2,1-4H3. The summed E-state index contributed by atoms with van der Waals surface area (Å²) in [5.74, 6) is 1.19. The molecule has 0 bridgehead atoms. The summed E-state index contributed by atoms with van der Waals surface area (Å²) >= 11 is 0. The van der Waals surface area contributed by atoms with E-state index in [1.807, 2.05) is 24.3 Å². The smallest absolute Gasteiger partial charge is 0.340 e. The summed E-state index contributed by atoms with van der Waals surface area (Å²) in [4.78, 5) is 15.6. The Morgan fingerprint density at radius 2 is 1.31 bits per heavy atom. The van der Waals surface area contributed by atoms with Crippen LogP contribution >= 0.6 is 0 Å². The Labute approximate surface area is 271 Å². The van der Waals surface area contributed by atoms with E-state index in [1.165, 1.54) is 77.0 Å². The molecule has 1 unspecified atom stereocenters. The number of hydrogen-bond acceptors (Lipinski definition) is 5. The van der Waals surface area contributed by atoms with Crippen LogP contribution in [0.2, 0.25) is 0 Å². The Kier molecular flexibility index (Phi) is 11.5. The van der Waals surface area contributed by atoms with Crippen molar-refractivity contribution in [2.24, 2.45) is 0 Å². The molecule has 0 fully saturated rings. The number of rotatable bonds is 18. The second-order valence-electron chi connectivity index (χ2n) is 12.9. The number of anilines is 2. The fraction of sp³-hybridized carbons (Fsp3) is 0.525. The predicted molar refractivity (Wildman–Crippen MR) is 187 cm³/mol. The van der Waals surface area contributed by atoms with Gasteiger partial charge in [0.25, 0.3) is 0 Å². The molecule has 2 aliphatic heterocycles. The van der Waals surface area contributed by atoms with Gasteiger partial charge in [-0.25, -0.2) is 4.79 Å². The molecule has 3 aromatic carbocycles. The van der Waals surface area contributed by atoms with Gasteiger partial charge in [-0.05, 0) is 63.1 Å². The van der Waals surface area contributed by atoms with Gasteiger partial charge in [-0.15, -0.1) is 0 Å². The van der Waals surface area contributed by atoms with Crippen molar-refractivity contribution >= 4 is 17.3 Å². The first-order chi connectivity index (χ1) is 22.0. The molecular weight excluding hydrogens is 556 g/mol. The highest BCUT2D eigenvalue weighted by Gasteiger charge is 2.53. The van der Waals surface area contributed by atoms with Crippen LogP contribution in [0.1, 0.15) is 137 Å². The molecule has 5 nitrogen and oxygen atoms in total. The molecule has 0 radical (unpaired) electrons. The van der Waals surface area contributed by atoms with Crippen LogP contribution in [0.15, 0.2) is 54.6 Å². The summed E-state index contributed by atoms with van der Waals surface area (Å²) in [5, 5.41) is 3.70. The molecule has 1 N–H and O–H groups in total. The molecule has 0 saturated heterocycles. The van der Waals surface area contributed by atoms with Crippen LogP contribution in [-0.4, -0.2) is 25.6 Å². The van der Waals surface area contributed by atoms with Gasteiger partial charge < -0.3 is 19.7 Å². The van der Waals surface area contributed by atoms with Gasteiger partial charge in [-0.1, -0.05) is 102 Å². The SMILES string of the molecule is CCCCCCCCCCCCCCCNc1cc2c(cc1C)Oc1cc(N(CC)CC)ccc1C21OC(=O)c2ccccc21. The fourth-order valence-corrected chi connectivity index (χ4v) is 7.15. The number of hydrogen-bond donors (Lipinski definition) is 1. The third-order valence-electron chi connectivity index (χ3n) is 9.77. The number of nitrogens with zero attached hydrogens (tertiary/aromatic N) is 1. The molecule has 0 aromatic heterocycles. The van der Waals surface area contributed by atoms with E-state index in [0.717, 1.165) is 71.2 Å². The van der Waals surface area contributed by atoms with Crippen molar-refractivity contribution in [3.63, 3.8) is 0 Å². The first-order valence-electron chi connectivity index (χ1n) is 17.8. The maximum atomic E-state index is 13.3. The molecule has 0 saturated carbocycles. The Morgan fingerprint density at radius 1 is 0.689 bits per heavy atom. The number of nitrogens with one attached hydrogen (secondary N) is 1. The lowest BCUT2D eigenvalue weighted by Gasteiger charge is -2.37. The van der Waals surface area contributed by atoms with E-state index in [2.05, 4.69) is 68.2 Å². The normalized spacial score (nSPS) is 16.1. The highest BCUT2D eigenvalue weighted by molar-refractivity contribution is 5.97. The fourth-order valence-electron chi connectivity index (χ4n) is 7.15. The quantitative estimate of drug-likeness (QED) is 0.115. The van der Waals surface area contributed by atoms with Crippen LogP contribution in [0.5, 0.6) is 11.5 Å². The van der Waals surface area contributed by atoms with Crippen LogP contribution in [0.4, 0.5) is 11.4 Å². The van der Waals surface area contributed by atoms with Crippen LogP contribution in [0, 0.1) is 6.92 Å². The Hall–Kier alpha value is -3.47. The zero-order valence-corrected chi connectivity index (χ0v) is 28.2. The van der Waals surface area contributed by atoms with Gasteiger partial charge in [-0.2, -0.15) is 0 Å². The first-order valence-corrected chi connectivity index (χ1v) is 17.8. The lowest BCUT2D eigenvalue weighted by atomic mass is 9.77. The van der Waals surface area contributed by atoms with E-state index in [0.29, 0.717) is 5.56 Å². The first kappa shape index (κ1) is 32.9. The van der Waals surface area contributed by atoms with Crippen LogP contribution in [-0.2, 0) is 10.3 Å². The minimum atomic E-state index is -1.04. The van der Waals surface area contributed by atoms with Gasteiger partial charge in [0.15, 0.2) is 5.60 Å². The molecule has 242 valence electrons. The highest BCUT2D eigenvalue weighted by atomic mass is 16.6. The average Bonchev–Trinajstić information content (AvgIpc) is 3.34. The van der Waals surface area contributed by atoms with E-state index in [-0.39, 0.29) is 5.97 Å². The van der Waals surface area contributed by atoms with E-state index < -0.39 is 5.60 Å². The highest BCUT2D eigenvalue weighted by Crippen LogP contribution is 2.57. The monoisotopic (exact) mass is 610 g/mol. The van der Waals surface area contributed by atoms with Crippen molar-refractivity contribution in [3.8, 4) is 11.5 Å². The molecule has 1 atom stereocenters. The second-order valence-corrected chi connectivity index (χ2v) is 12.9. The number of fused-ring (bicyclic) bond motifs is 6. The summed E-state index contributed by atoms with van der Waals surface area (Å²) in [5.41, 5.74) is 5.49. The zero-order valence-electron chi connectivity index (χ0n) is 28.2. The summed E-state index contributed by atoms with van der Waals surface area (Å²) in [6.07, 6.45) is 17.6. The number of esters is 1. The van der Waals surface area contributed by atoms with Crippen LogP contribution in [0.25, 0.3) is 0 Å². The number of ether oxygens (including phenoxy) is 2. The van der Waals surface area contributed by atoms with Gasteiger partial charge in [0, 0.05) is 53.8 Å². The van der Waals surface area contributed by atoms with E-state index >= 15 is 0 Å². The van der Waals surface area contributed by atoms with Gasteiger partial charge in [0.2, 0.25) is 0 Å². The molecule has 45 heavy (non-hydrogen) atoms. The summed E-state index contributed by atoms with van der Waals surface area (Å²) < 4.78 is 13.0. The number of unbranched alkanes of at least 4 members (excludes halogenated alkanes) is 12. The third-order valence-corrected chi connectivity index (χ3v) is 9.77. The van der Waals surface area contributed by atoms with Gasteiger partial charge in [0.05, 0.1) is 5.56 Å². The lowest BCUT2D eigenvalue weighted by molar-refractivity contribution is 0.0224. The van der Waals surface area contributed by atoms with Crippen molar-refractivity contribution in [3.05, 3.63) is 82.4 Å². The molecule has 5 rings (SSSR count). The minimum absolute atomic E-state index is 0.292. The molecule has 0 aliphatic carbocycles. The molecule has 0 amide bonds. The largest absolute Gasteiger partial charge is 0.456 e. The third kappa shape index (κ3) is 7.18. The summed E-state index contributed by atoms with van der Waals surface area (Å²) in [6, 6.07) is 18.4. The number of benzene rings is 3. The molecule has 2 aliphatic rings. The van der Waals surface area contributed by atoms with Crippen molar-refractivity contribution in [2.75, 3.05) is 29.9 Å². The summed E-state index contributed by atoms with van der Waals surface area (Å²) in [7, 11) is 0. The average molecular weight is 611 g/mol. The molecule has 5 heteroatoms. The second kappa shape index (κ2) is 15.7. The maximum absolute atomic E-state index is 13.3. The van der Waals surface area contributed by atoms with Crippen molar-refractivity contribution < 1.29 is 14.3 Å². The molecule has 3 aromatic rings. The summed E-state index contributed by atoms with van der Waals surface area (Å²) in [6.45, 7) is 11.5. The Bertz CT molecular complexity index is 1430. The van der Waals surface area contributed by atoms with Gasteiger partial charge >= 0.3 is 5.97 Å². The van der Waals surface area contributed by atoms with Crippen LogP contribution in [0.3, 0.4) is 0 Å². The number of carbonyl (C=O) groups excluding carboxylic acids is 1. The predicted octanol–water partition coefficient (Wildman–Crippen LogP) is 10.9. The van der Waals surface area contributed by atoms with Crippen molar-refractivity contribution in [1.29, 1.82) is 0 Å². The van der Waals surface area contributed by atoms with E-state index in [1.54, 1.807) is 0 Å². The van der Waals surface area contributed by atoms with E-state index in [9.17, 15) is 4.79 Å². The topological polar surface area (TPSA) is 50.8 Å². The molecule has 1 spiro atoms. The van der Waals surface area contributed by atoms with Crippen molar-refractivity contribution in [1.82, 2.24) is 0 Å². The van der Waals surface area contributed by atoms with E-state index in [4.69, 9.17) is 9.47 Å². The Balaban J connectivity index is 1.25. The molecule has 2 heterocycles. The van der Waals surface area contributed by atoms with Crippen LogP contribution < -0.4 is 15.0 Å². The molecular formula is C40H54N2O3. The lowest BCUT2D eigenvalue weighted by Crippen LogP contribution is -2.33. The zero-order chi connectivity index (χ0) is 31.6. The minimum Gasteiger partial charge on any atom is -0.456 e. The van der Waals surface area contributed by atoms with Gasteiger partial charge in [-0.3, -0.25) is 0 Å². The number of aryl methyl sites for hydroxylation is 1. The Morgan fingerprint density at radius 3 is 1.98 bits per heavy atom. The number of carbonyl (C=O) groups is 1.